The second kappa shape index (κ2) is 10.1. The van der Waals surface area contributed by atoms with Gasteiger partial charge in [-0.2, -0.15) is 11.3 Å². The first kappa shape index (κ1) is 20.9. The van der Waals surface area contributed by atoms with E-state index in [0.29, 0.717) is 31.2 Å². The van der Waals surface area contributed by atoms with Crippen LogP contribution in [0.25, 0.3) is 0 Å². The van der Waals surface area contributed by atoms with Crippen molar-refractivity contribution in [3.8, 4) is 0 Å². The molecule has 0 aliphatic heterocycles. The molecule has 0 bridgehead atoms. The van der Waals surface area contributed by atoms with Gasteiger partial charge in [0.15, 0.2) is 5.96 Å². The lowest BCUT2D eigenvalue weighted by molar-refractivity contribution is 0.0621. The number of rotatable bonds is 8. The van der Waals surface area contributed by atoms with Gasteiger partial charge in [-0.25, -0.2) is 4.99 Å². The summed E-state index contributed by atoms with van der Waals surface area (Å²) in [6.07, 6.45) is 0. The molecule has 0 fully saturated rings. The molecule has 6 nitrogen and oxygen atoms in total. The van der Waals surface area contributed by atoms with E-state index in [2.05, 4.69) is 20.9 Å². The van der Waals surface area contributed by atoms with Crippen molar-refractivity contribution in [1.29, 1.82) is 0 Å². The van der Waals surface area contributed by atoms with Crippen molar-refractivity contribution in [1.82, 2.24) is 16.0 Å². The maximum atomic E-state index is 11.8. The van der Waals surface area contributed by atoms with Gasteiger partial charge in [-0.3, -0.25) is 4.79 Å². The summed E-state index contributed by atoms with van der Waals surface area (Å²) in [5, 5.41) is 23.7. The molecule has 1 atom stereocenters. The minimum absolute atomic E-state index is 0.0711. The van der Waals surface area contributed by atoms with Crippen LogP contribution in [0.3, 0.4) is 0 Å². The molecule has 0 aliphatic carbocycles. The highest BCUT2D eigenvalue weighted by Gasteiger charge is 2.23. The number of carbonyl (C=O) groups excluding carboxylic acids is 1. The first-order valence-corrected chi connectivity index (χ1v) is 10.0. The molecule has 4 N–H and O–H groups in total. The fourth-order valence-corrected chi connectivity index (χ4v) is 3.25. The zero-order chi connectivity index (χ0) is 19.7. The van der Waals surface area contributed by atoms with Crippen molar-refractivity contribution in [3.05, 3.63) is 57.8 Å². The highest BCUT2D eigenvalue weighted by Crippen LogP contribution is 2.21. The van der Waals surface area contributed by atoms with E-state index in [-0.39, 0.29) is 5.91 Å². The molecular formula is C20H28N4O2S. The molecule has 1 unspecified atom stereocenters. The van der Waals surface area contributed by atoms with Crippen LogP contribution >= 0.6 is 11.3 Å². The second-order valence-electron chi connectivity index (χ2n) is 6.39. The van der Waals surface area contributed by atoms with Crippen LogP contribution in [0.2, 0.25) is 0 Å². The van der Waals surface area contributed by atoms with Gasteiger partial charge >= 0.3 is 0 Å². The standard InChI is InChI=1S/C20H28N4O2S/c1-4-21-18(25)16-8-6-15(7-9-16)12-23-19(22-5-2)24-14-20(3,26)17-10-11-27-13-17/h6-11,13,26H,4-5,12,14H2,1-3H3,(H,21,25)(H2,22,23,24). The Morgan fingerprint density at radius 1 is 1.11 bits per heavy atom. The Kier molecular flexibility index (Phi) is 7.82. The maximum Gasteiger partial charge on any atom is 0.251 e. The topological polar surface area (TPSA) is 85.8 Å². The summed E-state index contributed by atoms with van der Waals surface area (Å²) in [5.74, 6) is 0.569. The predicted octanol–water partition coefficient (Wildman–Crippen LogP) is 2.46. The summed E-state index contributed by atoms with van der Waals surface area (Å²) in [5.41, 5.74) is 1.56. The Morgan fingerprint density at radius 3 is 2.41 bits per heavy atom. The number of guanidine groups is 1. The Balaban J connectivity index is 1.97. The van der Waals surface area contributed by atoms with Gasteiger partial charge in [0.25, 0.3) is 5.91 Å². The molecule has 146 valence electrons. The SMILES string of the molecule is CCNC(=O)c1ccc(CN=C(NCC)NCC(C)(O)c2ccsc2)cc1. The van der Waals surface area contributed by atoms with E-state index in [4.69, 9.17) is 0 Å². The molecule has 2 aromatic rings. The summed E-state index contributed by atoms with van der Waals surface area (Å²) >= 11 is 1.56. The molecule has 1 aromatic heterocycles. The Bertz CT molecular complexity index is 740. The van der Waals surface area contributed by atoms with Crippen LogP contribution in [0.1, 0.15) is 42.3 Å². The van der Waals surface area contributed by atoms with Crippen LogP contribution in [0.4, 0.5) is 0 Å². The lowest BCUT2D eigenvalue weighted by atomic mass is 9.99. The number of amides is 1. The fourth-order valence-electron chi connectivity index (χ4n) is 2.47. The molecule has 0 saturated heterocycles. The van der Waals surface area contributed by atoms with Gasteiger partial charge < -0.3 is 21.1 Å². The Hall–Kier alpha value is -2.38. The highest BCUT2D eigenvalue weighted by molar-refractivity contribution is 7.08. The van der Waals surface area contributed by atoms with Crippen molar-refractivity contribution in [2.45, 2.75) is 32.9 Å². The molecule has 1 heterocycles. The van der Waals surface area contributed by atoms with E-state index < -0.39 is 5.60 Å². The molecule has 1 amide bonds. The van der Waals surface area contributed by atoms with E-state index >= 15 is 0 Å². The Labute approximate surface area is 164 Å². The molecule has 0 aliphatic rings. The number of aliphatic imine (C=N–C) groups is 1. The van der Waals surface area contributed by atoms with Gasteiger partial charge in [0.2, 0.25) is 0 Å². The van der Waals surface area contributed by atoms with E-state index in [1.54, 1.807) is 30.4 Å². The zero-order valence-corrected chi connectivity index (χ0v) is 16.9. The van der Waals surface area contributed by atoms with Gasteiger partial charge in [0.1, 0.15) is 5.60 Å². The first-order valence-electron chi connectivity index (χ1n) is 9.10. The van der Waals surface area contributed by atoms with Crippen LogP contribution in [0, 0.1) is 0 Å². The summed E-state index contributed by atoms with van der Waals surface area (Å²) in [7, 11) is 0. The van der Waals surface area contributed by atoms with Crippen molar-refractivity contribution in [2.75, 3.05) is 19.6 Å². The predicted molar refractivity (Wildman–Crippen MR) is 111 cm³/mol. The molecule has 0 radical (unpaired) electrons. The van der Waals surface area contributed by atoms with Crippen molar-refractivity contribution in [3.63, 3.8) is 0 Å². The van der Waals surface area contributed by atoms with Crippen LogP contribution in [0.15, 0.2) is 46.1 Å². The third kappa shape index (κ3) is 6.37. The number of nitrogens with one attached hydrogen (secondary N) is 3. The monoisotopic (exact) mass is 388 g/mol. The molecule has 0 saturated carbocycles. The summed E-state index contributed by atoms with van der Waals surface area (Å²) < 4.78 is 0. The van der Waals surface area contributed by atoms with Crippen LogP contribution < -0.4 is 16.0 Å². The van der Waals surface area contributed by atoms with E-state index in [1.165, 1.54) is 0 Å². The van der Waals surface area contributed by atoms with Gasteiger partial charge in [0, 0.05) is 18.7 Å². The smallest absolute Gasteiger partial charge is 0.251 e. The lowest BCUT2D eigenvalue weighted by Crippen LogP contribution is -2.44. The molecular weight excluding hydrogens is 360 g/mol. The maximum absolute atomic E-state index is 11.8. The van der Waals surface area contributed by atoms with Gasteiger partial charge in [-0.15, -0.1) is 0 Å². The minimum atomic E-state index is -0.968. The first-order chi connectivity index (χ1) is 13.0. The summed E-state index contributed by atoms with van der Waals surface area (Å²) in [6.45, 7) is 7.84. The normalized spacial score (nSPS) is 13.7. The molecule has 7 heteroatoms. The average Bonchev–Trinajstić information content (AvgIpc) is 3.20. The number of carbonyl (C=O) groups is 1. The molecule has 2 rings (SSSR count). The number of aliphatic hydroxyl groups is 1. The number of hydrogen-bond acceptors (Lipinski definition) is 4. The van der Waals surface area contributed by atoms with Crippen LogP contribution in [0.5, 0.6) is 0 Å². The van der Waals surface area contributed by atoms with Crippen molar-refractivity contribution in [2.24, 2.45) is 4.99 Å². The van der Waals surface area contributed by atoms with Gasteiger partial charge in [0.05, 0.1) is 13.1 Å². The minimum Gasteiger partial charge on any atom is -0.384 e. The Morgan fingerprint density at radius 2 is 1.81 bits per heavy atom. The lowest BCUT2D eigenvalue weighted by Gasteiger charge is -2.24. The highest BCUT2D eigenvalue weighted by atomic mass is 32.1. The van der Waals surface area contributed by atoms with Crippen molar-refractivity contribution < 1.29 is 9.90 Å². The van der Waals surface area contributed by atoms with Gasteiger partial charge in [-0.1, -0.05) is 12.1 Å². The molecule has 0 spiro atoms. The number of hydrogen-bond donors (Lipinski definition) is 4. The molecule has 1 aromatic carbocycles. The molecule has 27 heavy (non-hydrogen) atoms. The largest absolute Gasteiger partial charge is 0.384 e. The zero-order valence-electron chi connectivity index (χ0n) is 16.1. The summed E-state index contributed by atoms with van der Waals surface area (Å²) in [6, 6.07) is 9.33. The van der Waals surface area contributed by atoms with Gasteiger partial charge in [-0.05, 0) is 60.9 Å². The number of thiophene rings is 1. The van der Waals surface area contributed by atoms with Crippen LogP contribution in [-0.4, -0.2) is 36.6 Å². The van der Waals surface area contributed by atoms with E-state index in [1.807, 2.05) is 42.8 Å². The fraction of sp³-hybridized carbons (Fsp3) is 0.400. The average molecular weight is 389 g/mol. The third-order valence-electron chi connectivity index (χ3n) is 4.06. The van der Waals surface area contributed by atoms with E-state index in [9.17, 15) is 9.90 Å². The van der Waals surface area contributed by atoms with E-state index in [0.717, 1.165) is 17.7 Å². The number of nitrogens with zero attached hydrogens (tertiary/aromatic N) is 1. The van der Waals surface area contributed by atoms with Crippen LogP contribution in [-0.2, 0) is 12.1 Å². The number of benzene rings is 1. The van der Waals surface area contributed by atoms with Crippen molar-refractivity contribution >= 4 is 23.2 Å². The summed E-state index contributed by atoms with van der Waals surface area (Å²) in [4.78, 5) is 16.4. The quantitative estimate of drug-likeness (QED) is 0.413. The second-order valence-corrected chi connectivity index (χ2v) is 7.17. The third-order valence-corrected chi connectivity index (χ3v) is 4.74.